The third-order valence-electron chi connectivity index (χ3n) is 4.96. The maximum absolute atomic E-state index is 13.1. The zero-order valence-corrected chi connectivity index (χ0v) is 16.9. The molecular weight excluding hydrogens is 395 g/mol. The molecule has 0 bridgehead atoms. The molecular formula is C25H21FN2O3. The van der Waals surface area contributed by atoms with Crippen molar-refractivity contribution in [2.75, 3.05) is 10.6 Å². The summed E-state index contributed by atoms with van der Waals surface area (Å²) in [6.07, 6.45) is 0.946. The molecule has 0 saturated carbocycles. The molecule has 2 amide bonds. The number of carbonyl (C=O) groups is 2. The van der Waals surface area contributed by atoms with Gasteiger partial charge in [0, 0.05) is 11.1 Å². The molecule has 0 saturated heterocycles. The normalized spacial score (nSPS) is 10.8. The lowest BCUT2D eigenvalue weighted by atomic mass is 10.1. The Hall–Kier alpha value is -3.93. The fraction of sp³-hybridized carbons (Fsp3) is 0.120. The van der Waals surface area contributed by atoms with Crippen molar-refractivity contribution >= 4 is 34.2 Å². The van der Waals surface area contributed by atoms with Crippen molar-refractivity contribution in [3.8, 4) is 0 Å². The first kappa shape index (κ1) is 20.3. The number of fused-ring (bicyclic) bond motifs is 1. The molecule has 0 atom stereocenters. The van der Waals surface area contributed by atoms with E-state index in [1.807, 2.05) is 24.3 Å². The number of anilines is 2. The van der Waals surface area contributed by atoms with Crippen LogP contribution >= 0.6 is 0 Å². The Bertz CT molecular complexity index is 1230. The fourth-order valence-electron chi connectivity index (χ4n) is 3.31. The number of hydrogen-bond donors (Lipinski definition) is 2. The highest BCUT2D eigenvalue weighted by molar-refractivity contribution is 6.14. The van der Waals surface area contributed by atoms with Crippen LogP contribution in [0.1, 0.15) is 28.6 Å². The Morgan fingerprint density at radius 1 is 0.871 bits per heavy atom. The van der Waals surface area contributed by atoms with Crippen molar-refractivity contribution in [1.29, 1.82) is 0 Å². The van der Waals surface area contributed by atoms with Gasteiger partial charge in [0.05, 0.1) is 6.42 Å². The fourth-order valence-corrected chi connectivity index (χ4v) is 3.31. The van der Waals surface area contributed by atoms with Crippen LogP contribution in [-0.4, -0.2) is 11.8 Å². The first-order valence-electron chi connectivity index (χ1n) is 9.99. The maximum Gasteiger partial charge on any atom is 0.293 e. The van der Waals surface area contributed by atoms with Crippen LogP contribution in [0.5, 0.6) is 0 Å². The zero-order valence-electron chi connectivity index (χ0n) is 16.9. The number of halogens is 1. The van der Waals surface area contributed by atoms with E-state index in [0.717, 1.165) is 12.0 Å². The third-order valence-corrected chi connectivity index (χ3v) is 4.96. The Morgan fingerprint density at radius 2 is 1.55 bits per heavy atom. The molecule has 0 aliphatic heterocycles. The van der Waals surface area contributed by atoms with E-state index in [0.29, 0.717) is 27.9 Å². The quantitative estimate of drug-likeness (QED) is 0.432. The standard InChI is InChI=1S/C25H21FN2O3/c1-2-16-9-13-19(14-10-16)27-25(30)24-23(20-5-3-4-6-21(20)31-24)28-22(29)15-17-7-11-18(26)12-8-17/h3-14H,2,15H2,1H3,(H,27,30)(H,28,29). The number of carbonyl (C=O) groups excluding carboxylic acids is 2. The van der Waals surface area contributed by atoms with Crippen molar-refractivity contribution in [1.82, 2.24) is 0 Å². The van der Waals surface area contributed by atoms with E-state index in [1.165, 1.54) is 12.1 Å². The molecule has 2 N–H and O–H groups in total. The van der Waals surface area contributed by atoms with Gasteiger partial charge in [-0.05, 0) is 53.9 Å². The average Bonchev–Trinajstić information content (AvgIpc) is 3.14. The van der Waals surface area contributed by atoms with Gasteiger partial charge in [0.2, 0.25) is 11.7 Å². The summed E-state index contributed by atoms with van der Waals surface area (Å²) < 4.78 is 18.9. The van der Waals surface area contributed by atoms with Crippen LogP contribution in [0.15, 0.2) is 77.2 Å². The minimum absolute atomic E-state index is 0.0215. The molecule has 5 nitrogen and oxygen atoms in total. The van der Waals surface area contributed by atoms with Gasteiger partial charge in [-0.1, -0.05) is 43.3 Å². The van der Waals surface area contributed by atoms with Gasteiger partial charge in [0.25, 0.3) is 5.91 Å². The summed E-state index contributed by atoms with van der Waals surface area (Å²) in [5, 5.41) is 6.24. The van der Waals surface area contributed by atoms with Gasteiger partial charge in [-0.25, -0.2) is 4.39 Å². The summed E-state index contributed by atoms with van der Waals surface area (Å²) in [5.74, 6) is -1.14. The molecule has 0 spiro atoms. The smallest absolute Gasteiger partial charge is 0.293 e. The van der Waals surface area contributed by atoms with Crippen LogP contribution in [0.2, 0.25) is 0 Å². The molecule has 0 unspecified atom stereocenters. The van der Waals surface area contributed by atoms with E-state index >= 15 is 0 Å². The molecule has 3 aromatic carbocycles. The van der Waals surface area contributed by atoms with Gasteiger partial charge in [0.1, 0.15) is 17.1 Å². The van der Waals surface area contributed by atoms with Crippen LogP contribution < -0.4 is 10.6 Å². The molecule has 1 heterocycles. The lowest BCUT2D eigenvalue weighted by molar-refractivity contribution is -0.115. The van der Waals surface area contributed by atoms with Gasteiger partial charge in [0.15, 0.2) is 0 Å². The highest BCUT2D eigenvalue weighted by atomic mass is 19.1. The van der Waals surface area contributed by atoms with Crippen LogP contribution in [0, 0.1) is 5.82 Å². The number of amides is 2. The number of aryl methyl sites for hydroxylation is 1. The van der Waals surface area contributed by atoms with E-state index < -0.39 is 5.91 Å². The molecule has 4 rings (SSSR count). The number of hydrogen-bond acceptors (Lipinski definition) is 3. The first-order chi connectivity index (χ1) is 15.0. The van der Waals surface area contributed by atoms with Crippen molar-refractivity contribution < 1.29 is 18.4 Å². The number of para-hydroxylation sites is 1. The molecule has 6 heteroatoms. The second-order valence-corrected chi connectivity index (χ2v) is 7.16. The highest BCUT2D eigenvalue weighted by Crippen LogP contribution is 2.31. The SMILES string of the molecule is CCc1ccc(NC(=O)c2oc3ccccc3c2NC(=O)Cc2ccc(F)cc2)cc1. The minimum atomic E-state index is -0.461. The predicted octanol–water partition coefficient (Wildman–Crippen LogP) is 5.57. The van der Waals surface area contributed by atoms with Gasteiger partial charge in [-0.15, -0.1) is 0 Å². The van der Waals surface area contributed by atoms with Crippen LogP contribution in [0.25, 0.3) is 11.0 Å². The van der Waals surface area contributed by atoms with Crippen LogP contribution in [0.3, 0.4) is 0 Å². The second-order valence-electron chi connectivity index (χ2n) is 7.16. The molecule has 156 valence electrons. The number of furan rings is 1. The number of rotatable bonds is 6. The molecule has 0 radical (unpaired) electrons. The predicted molar refractivity (Wildman–Crippen MR) is 119 cm³/mol. The Balaban J connectivity index is 1.59. The van der Waals surface area contributed by atoms with Gasteiger partial charge >= 0.3 is 0 Å². The van der Waals surface area contributed by atoms with Crippen molar-refractivity contribution in [3.05, 3.63) is 95.5 Å². The first-order valence-corrected chi connectivity index (χ1v) is 9.99. The average molecular weight is 416 g/mol. The van der Waals surface area contributed by atoms with E-state index in [4.69, 9.17) is 4.42 Å². The molecule has 0 aliphatic rings. The monoisotopic (exact) mass is 416 g/mol. The summed E-state index contributed by atoms with van der Waals surface area (Å²) in [6, 6.07) is 20.4. The topological polar surface area (TPSA) is 71.3 Å². The van der Waals surface area contributed by atoms with Crippen molar-refractivity contribution in [2.45, 2.75) is 19.8 Å². The van der Waals surface area contributed by atoms with E-state index in [-0.39, 0.29) is 23.9 Å². The summed E-state index contributed by atoms with van der Waals surface area (Å²) in [4.78, 5) is 25.6. The largest absolute Gasteiger partial charge is 0.449 e. The number of benzene rings is 3. The van der Waals surface area contributed by atoms with Crippen molar-refractivity contribution in [2.24, 2.45) is 0 Å². The van der Waals surface area contributed by atoms with Crippen LogP contribution in [0.4, 0.5) is 15.8 Å². The number of nitrogens with one attached hydrogen (secondary N) is 2. The zero-order chi connectivity index (χ0) is 21.8. The van der Waals surface area contributed by atoms with E-state index in [9.17, 15) is 14.0 Å². The van der Waals surface area contributed by atoms with Gasteiger partial charge in [-0.2, -0.15) is 0 Å². The highest BCUT2D eigenvalue weighted by Gasteiger charge is 2.22. The third kappa shape index (κ3) is 4.64. The molecule has 1 aromatic heterocycles. The van der Waals surface area contributed by atoms with Crippen molar-refractivity contribution in [3.63, 3.8) is 0 Å². The van der Waals surface area contributed by atoms with Crippen LogP contribution in [-0.2, 0) is 17.6 Å². The molecule has 0 aliphatic carbocycles. The van der Waals surface area contributed by atoms with E-state index in [1.54, 1.807) is 36.4 Å². The second kappa shape index (κ2) is 8.83. The van der Waals surface area contributed by atoms with E-state index in [2.05, 4.69) is 17.6 Å². The summed E-state index contributed by atoms with van der Waals surface area (Å²) >= 11 is 0. The Morgan fingerprint density at radius 3 is 2.26 bits per heavy atom. The summed E-state index contributed by atoms with van der Waals surface area (Å²) in [6.45, 7) is 2.06. The lowest BCUT2D eigenvalue weighted by Gasteiger charge is -2.08. The Kier molecular flexibility index (Phi) is 5.80. The van der Waals surface area contributed by atoms with Gasteiger partial charge < -0.3 is 15.1 Å². The maximum atomic E-state index is 13.1. The summed E-state index contributed by atoms with van der Waals surface area (Å²) in [7, 11) is 0. The molecule has 4 aromatic rings. The van der Waals surface area contributed by atoms with Gasteiger partial charge in [-0.3, -0.25) is 9.59 Å². The summed E-state index contributed by atoms with van der Waals surface area (Å²) in [5.41, 5.74) is 3.26. The minimum Gasteiger partial charge on any atom is -0.449 e. The molecule has 31 heavy (non-hydrogen) atoms. The lowest BCUT2D eigenvalue weighted by Crippen LogP contribution is -2.18. The molecule has 0 fully saturated rings. The Labute approximate surface area is 178 Å².